The normalized spacial score (nSPS) is 21.4. The largest absolute Gasteiger partial charge is 0.507 e. The van der Waals surface area contributed by atoms with Crippen molar-refractivity contribution in [2.45, 2.75) is 56.7 Å². The van der Waals surface area contributed by atoms with Gasteiger partial charge in [-0.1, -0.05) is 54.6 Å². The van der Waals surface area contributed by atoms with Gasteiger partial charge in [0.15, 0.2) is 17.2 Å². The molecule has 2 aromatic carbocycles. The lowest BCUT2D eigenvalue weighted by atomic mass is 9.86. The number of piperidine rings is 1. The van der Waals surface area contributed by atoms with Crippen LogP contribution in [0.5, 0.6) is 11.5 Å². The Bertz CT molecular complexity index is 1810. The molecule has 2 aliphatic heterocycles. The molecule has 2 fully saturated rings. The molecule has 2 saturated heterocycles. The summed E-state index contributed by atoms with van der Waals surface area (Å²) in [6.45, 7) is 2.20. The number of nitrogens with two attached hydrogens (primary N) is 1. The fourth-order valence-corrected chi connectivity index (χ4v) is 6.38. The van der Waals surface area contributed by atoms with E-state index in [1.807, 2.05) is 0 Å². The maximum Gasteiger partial charge on any atom is 0.267 e. The van der Waals surface area contributed by atoms with Crippen molar-refractivity contribution in [3.63, 3.8) is 0 Å². The number of para-hydroxylation sites is 1. The molecule has 3 atom stereocenters. The Morgan fingerprint density at radius 3 is 2.58 bits per heavy atom. The molecular formula is C37H40N6O7. The first kappa shape index (κ1) is 34.5. The van der Waals surface area contributed by atoms with Gasteiger partial charge in [-0.2, -0.15) is 0 Å². The molecule has 3 unspecified atom stereocenters. The number of nitrogen functional groups attached to an aromatic ring is 1. The number of carbonyl (C=O) groups excluding carboxylic acids is 4. The van der Waals surface area contributed by atoms with Crippen LogP contribution >= 0.6 is 0 Å². The van der Waals surface area contributed by atoms with E-state index in [4.69, 9.17) is 15.2 Å². The number of benzene rings is 2. The first-order valence-corrected chi connectivity index (χ1v) is 16.8. The molecule has 4 amide bonds. The number of rotatable bonds is 15. The molecular weight excluding hydrogens is 640 g/mol. The van der Waals surface area contributed by atoms with Crippen molar-refractivity contribution >= 4 is 29.4 Å². The summed E-state index contributed by atoms with van der Waals surface area (Å²) < 4.78 is 12.0. The second kappa shape index (κ2) is 15.4. The first-order valence-electron chi connectivity index (χ1n) is 16.8. The molecule has 0 saturated carbocycles. The van der Waals surface area contributed by atoms with E-state index in [0.717, 1.165) is 42.0 Å². The number of nitrogens with zero attached hydrogens (tertiary/aromatic N) is 3. The summed E-state index contributed by atoms with van der Waals surface area (Å²) in [5, 5.41) is 23.9. The van der Waals surface area contributed by atoms with Crippen molar-refractivity contribution in [3.8, 4) is 22.8 Å². The summed E-state index contributed by atoms with van der Waals surface area (Å²) in [6.07, 6.45) is 9.94. The minimum Gasteiger partial charge on any atom is -0.507 e. The number of amides is 4. The van der Waals surface area contributed by atoms with E-state index in [0.29, 0.717) is 36.5 Å². The lowest BCUT2D eigenvalue weighted by Crippen LogP contribution is -2.55. The van der Waals surface area contributed by atoms with Crippen molar-refractivity contribution in [1.29, 1.82) is 0 Å². The zero-order chi connectivity index (χ0) is 35.1. The van der Waals surface area contributed by atoms with E-state index in [-0.39, 0.29) is 31.0 Å². The smallest absolute Gasteiger partial charge is 0.267 e. The Balaban J connectivity index is 0.892. The predicted octanol–water partition coefficient (Wildman–Crippen LogP) is 2.98. The Morgan fingerprint density at radius 2 is 1.78 bits per heavy atom. The van der Waals surface area contributed by atoms with E-state index in [2.05, 4.69) is 45.1 Å². The number of fused-ring (bicyclic) bond motifs is 1. The molecule has 1 aromatic heterocycles. The second-order valence-electron chi connectivity index (χ2n) is 12.5. The zero-order valence-corrected chi connectivity index (χ0v) is 27.5. The number of phenols is 1. The summed E-state index contributed by atoms with van der Waals surface area (Å²) in [4.78, 5) is 51.8. The van der Waals surface area contributed by atoms with E-state index in [1.165, 1.54) is 0 Å². The van der Waals surface area contributed by atoms with Crippen molar-refractivity contribution in [3.05, 3.63) is 90.0 Å². The van der Waals surface area contributed by atoms with Crippen LogP contribution in [0.25, 0.3) is 11.3 Å². The highest BCUT2D eigenvalue weighted by atomic mass is 16.5. The number of ether oxygens (including phenoxy) is 2. The molecule has 13 nitrogen and oxygen atoms in total. The second-order valence-corrected chi connectivity index (χ2v) is 12.5. The van der Waals surface area contributed by atoms with Crippen LogP contribution in [-0.2, 0) is 36.9 Å². The number of imide groups is 2. The highest BCUT2D eigenvalue weighted by molar-refractivity contribution is 6.15. The van der Waals surface area contributed by atoms with Gasteiger partial charge in [0.1, 0.15) is 17.5 Å². The zero-order valence-electron chi connectivity index (χ0n) is 27.5. The molecule has 3 aliphatic rings. The van der Waals surface area contributed by atoms with Gasteiger partial charge in [0.2, 0.25) is 17.7 Å². The maximum atomic E-state index is 13.5. The van der Waals surface area contributed by atoms with Crippen LogP contribution in [0.3, 0.4) is 0 Å². The third kappa shape index (κ3) is 7.43. The summed E-state index contributed by atoms with van der Waals surface area (Å²) in [6, 6.07) is 15.8. The average Bonchev–Trinajstić information content (AvgIpc) is 3.33. The van der Waals surface area contributed by atoms with Crippen molar-refractivity contribution in [1.82, 2.24) is 25.7 Å². The molecule has 50 heavy (non-hydrogen) atoms. The molecule has 3 aromatic rings. The van der Waals surface area contributed by atoms with Gasteiger partial charge in [-0.05, 0) is 61.6 Å². The van der Waals surface area contributed by atoms with Gasteiger partial charge in [0.05, 0.1) is 12.5 Å². The highest BCUT2D eigenvalue weighted by Crippen LogP contribution is 2.40. The van der Waals surface area contributed by atoms with Crippen LogP contribution in [-0.4, -0.2) is 75.2 Å². The molecule has 260 valence electrons. The number of aromatic nitrogens is 2. The van der Waals surface area contributed by atoms with Crippen LogP contribution in [0.2, 0.25) is 0 Å². The van der Waals surface area contributed by atoms with Gasteiger partial charge in [0.25, 0.3) is 5.91 Å². The van der Waals surface area contributed by atoms with Gasteiger partial charge in [-0.15, -0.1) is 10.2 Å². The molecule has 0 bridgehead atoms. The third-order valence-corrected chi connectivity index (χ3v) is 9.10. The first-order chi connectivity index (χ1) is 24.3. The van der Waals surface area contributed by atoms with Gasteiger partial charge < -0.3 is 25.6 Å². The number of carbonyl (C=O) groups is 4. The monoisotopic (exact) mass is 680 g/mol. The number of hydrogen-bond acceptors (Lipinski definition) is 11. The van der Waals surface area contributed by atoms with Crippen molar-refractivity contribution in [2.24, 2.45) is 5.92 Å². The Kier molecular flexibility index (Phi) is 10.6. The fraction of sp³-hybridized carbons (Fsp3) is 0.351. The van der Waals surface area contributed by atoms with Gasteiger partial charge >= 0.3 is 0 Å². The molecule has 6 rings (SSSR count). The van der Waals surface area contributed by atoms with Crippen molar-refractivity contribution < 1.29 is 33.8 Å². The van der Waals surface area contributed by atoms with Crippen LogP contribution in [0.1, 0.15) is 43.2 Å². The van der Waals surface area contributed by atoms with E-state index < -0.39 is 41.2 Å². The molecule has 0 radical (unpaired) electrons. The summed E-state index contributed by atoms with van der Waals surface area (Å²) >= 11 is 0. The molecule has 13 heteroatoms. The topological polar surface area (TPSA) is 186 Å². The summed E-state index contributed by atoms with van der Waals surface area (Å²) in [5.41, 5.74) is 7.79. The minimum absolute atomic E-state index is 0.0691. The third-order valence-electron chi connectivity index (χ3n) is 9.10. The molecule has 1 aliphatic carbocycles. The lowest BCUT2D eigenvalue weighted by molar-refractivity contribution is -0.155. The van der Waals surface area contributed by atoms with Gasteiger partial charge in [-0.25, -0.2) is 0 Å². The highest BCUT2D eigenvalue weighted by Gasteiger charge is 2.61. The molecule has 3 heterocycles. The predicted molar refractivity (Wildman–Crippen MR) is 183 cm³/mol. The summed E-state index contributed by atoms with van der Waals surface area (Å²) in [5.74, 6) is -2.22. The van der Waals surface area contributed by atoms with Crippen LogP contribution in [0.15, 0.2) is 78.9 Å². The van der Waals surface area contributed by atoms with Gasteiger partial charge in [-0.3, -0.25) is 29.4 Å². The van der Waals surface area contributed by atoms with E-state index >= 15 is 0 Å². The lowest BCUT2D eigenvalue weighted by Gasteiger charge is -2.31. The molecule has 0 spiro atoms. The summed E-state index contributed by atoms with van der Waals surface area (Å²) in [7, 11) is 0. The number of unbranched alkanes of at least 4 members (excludes halogenated alkanes) is 2. The fourth-order valence-electron chi connectivity index (χ4n) is 6.38. The Hall–Kier alpha value is -5.40. The standard InChI is InChI=1S/C37H40N6O7/c38-33-31(22-28(41-42-33)26-8-2-3-10-30(26)44)49-21-17-24-11-13-25(14-12-24)23-39-19-6-1-7-20-50-37-18-5-4-9-27(37)35(47)43(36(37)48)29-15-16-32(45)40-34(29)46/h2-5,8-14,18,22,27,29,39,44H,1,6-7,15-17,19-21,23H2,(H2,38,42)(H,40,45,46). The van der Waals surface area contributed by atoms with Gasteiger partial charge in [0, 0.05) is 37.6 Å². The van der Waals surface area contributed by atoms with E-state index in [9.17, 15) is 24.3 Å². The number of allylic oxidation sites excluding steroid dienone is 2. The van der Waals surface area contributed by atoms with Crippen molar-refractivity contribution in [2.75, 3.05) is 25.5 Å². The number of anilines is 1. The number of hydrogen-bond donors (Lipinski definition) is 4. The Labute approximate surface area is 289 Å². The van der Waals surface area contributed by atoms with Crippen LogP contribution in [0, 0.1) is 5.92 Å². The number of likely N-dealkylation sites (tertiary alicyclic amines) is 1. The quantitative estimate of drug-likeness (QED) is 0.137. The number of phenolic OH excluding ortho intramolecular Hbond substituents is 1. The van der Waals surface area contributed by atoms with Crippen LogP contribution in [0.4, 0.5) is 5.82 Å². The Morgan fingerprint density at radius 1 is 0.980 bits per heavy atom. The number of aromatic hydroxyl groups is 1. The SMILES string of the molecule is Nc1nnc(-c2ccccc2O)cc1OCCc1ccc(CNCCCCCOC23C=CC=CC2C(=O)N(C2CCC(=O)NC2=O)C3=O)cc1. The average molecular weight is 681 g/mol. The van der Waals surface area contributed by atoms with Crippen LogP contribution < -0.4 is 21.1 Å². The minimum atomic E-state index is -1.47. The number of nitrogens with one attached hydrogen (secondary N) is 2. The van der Waals surface area contributed by atoms with E-state index in [1.54, 1.807) is 54.6 Å². The maximum absolute atomic E-state index is 13.5. The molecule has 5 N–H and O–H groups in total.